The van der Waals surface area contributed by atoms with E-state index in [1.165, 1.54) is 11.3 Å². The minimum atomic E-state index is -0.844. The van der Waals surface area contributed by atoms with Gasteiger partial charge in [-0.25, -0.2) is 0 Å². The first-order chi connectivity index (χ1) is 6.22. The second kappa shape index (κ2) is 3.58. The molecule has 0 saturated carbocycles. The van der Waals surface area contributed by atoms with Crippen molar-refractivity contribution < 1.29 is 9.84 Å². The smallest absolute Gasteiger partial charge is 0.123 e. The molecule has 0 radical (unpaired) electrons. The fourth-order valence-corrected chi connectivity index (χ4v) is 2.93. The van der Waals surface area contributed by atoms with E-state index in [4.69, 9.17) is 16.3 Å². The molecule has 0 spiro atoms. The molecule has 1 fully saturated rings. The summed E-state index contributed by atoms with van der Waals surface area (Å²) >= 11 is 7.45. The predicted molar refractivity (Wildman–Crippen MR) is 53.3 cm³/mol. The van der Waals surface area contributed by atoms with Crippen LogP contribution in [0.15, 0.2) is 11.4 Å². The van der Waals surface area contributed by atoms with Gasteiger partial charge in [-0.2, -0.15) is 0 Å². The van der Waals surface area contributed by atoms with Crippen LogP contribution in [-0.2, 0) is 10.3 Å². The van der Waals surface area contributed by atoms with Gasteiger partial charge in [0.1, 0.15) is 5.60 Å². The van der Waals surface area contributed by atoms with Crippen LogP contribution in [0, 0.1) is 0 Å². The molecule has 1 aliphatic rings. The van der Waals surface area contributed by atoms with Gasteiger partial charge >= 0.3 is 0 Å². The van der Waals surface area contributed by atoms with Gasteiger partial charge in [-0.05, 0) is 24.3 Å². The lowest BCUT2D eigenvalue weighted by Gasteiger charge is -2.31. The van der Waals surface area contributed by atoms with Crippen LogP contribution in [0.5, 0.6) is 0 Å². The van der Waals surface area contributed by atoms with Gasteiger partial charge in [0.25, 0.3) is 0 Å². The average molecular weight is 219 g/mol. The average Bonchev–Trinajstić information content (AvgIpc) is 2.53. The number of ether oxygens (including phenoxy) is 1. The molecule has 1 N–H and O–H groups in total. The molecular weight excluding hydrogens is 208 g/mol. The second-order valence-electron chi connectivity index (χ2n) is 3.29. The molecule has 1 aromatic rings. The number of thiophene rings is 1. The number of rotatable bonds is 1. The van der Waals surface area contributed by atoms with Crippen molar-refractivity contribution in [3.63, 3.8) is 0 Å². The normalized spacial score (nSPS) is 29.1. The molecule has 2 rings (SSSR count). The van der Waals surface area contributed by atoms with Crippen LogP contribution >= 0.6 is 22.9 Å². The first-order valence-electron chi connectivity index (χ1n) is 4.26. The molecule has 0 amide bonds. The van der Waals surface area contributed by atoms with Gasteiger partial charge < -0.3 is 9.84 Å². The summed E-state index contributed by atoms with van der Waals surface area (Å²) in [5, 5.41) is 12.8. The highest BCUT2D eigenvalue weighted by molar-refractivity contribution is 7.10. The van der Waals surface area contributed by atoms with Gasteiger partial charge in [-0.15, -0.1) is 11.3 Å². The fraction of sp³-hybridized carbons (Fsp3) is 0.556. The second-order valence-corrected chi connectivity index (χ2v) is 4.61. The van der Waals surface area contributed by atoms with Crippen molar-refractivity contribution in [2.75, 3.05) is 13.2 Å². The fourth-order valence-electron chi connectivity index (χ4n) is 1.58. The third kappa shape index (κ3) is 1.74. The molecule has 4 heteroatoms. The quantitative estimate of drug-likeness (QED) is 0.785. The van der Waals surface area contributed by atoms with Crippen molar-refractivity contribution in [1.29, 1.82) is 0 Å². The minimum Gasteiger partial charge on any atom is -0.382 e. The summed E-state index contributed by atoms with van der Waals surface area (Å²) in [6, 6.07) is 1.81. The monoisotopic (exact) mass is 218 g/mol. The Bertz CT molecular complexity index is 292. The van der Waals surface area contributed by atoms with Gasteiger partial charge in [0.15, 0.2) is 0 Å². The largest absolute Gasteiger partial charge is 0.382 e. The summed E-state index contributed by atoms with van der Waals surface area (Å²) in [5.74, 6) is 0. The van der Waals surface area contributed by atoms with E-state index in [0.29, 0.717) is 11.6 Å². The lowest BCUT2D eigenvalue weighted by Crippen LogP contribution is -2.35. The van der Waals surface area contributed by atoms with E-state index in [9.17, 15) is 5.11 Å². The van der Waals surface area contributed by atoms with E-state index < -0.39 is 5.60 Å². The Labute approximate surface area is 86.1 Å². The van der Waals surface area contributed by atoms with E-state index in [-0.39, 0.29) is 0 Å². The predicted octanol–water partition coefficient (Wildman–Crippen LogP) is 2.40. The van der Waals surface area contributed by atoms with Crippen molar-refractivity contribution >= 4 is 22.9 Å². The van der Waals surface area contributed by atoms with E-state index >= 15 is 0 Å². The lowest BCUT2D eigenvalue weighted by molar-refractivity contribution is -0.0879. The van der Waals surface area contributed by atoms with Crippen LogP contribution in [-0.4, -0.2) is 18.3 Å². The highest BCUT2D eigenvalue weighted by Gasteiger charge is 2.34. The molecule has 0 aromatic carbocycles. The van der Waals surface area contributed by atoms with Crippen LogP contribution < -0.4 is 0 Å². The van der Waals surface area contributed by atoms with Gasteiger partial charge in [0, 0.05) is 6.61 Å². The van der Waals surface area contributed by atoms with Gasteiger partial charge in [-0.3, -0.25) is 0 Å². The minimum absolute atomic E-state index is 0.368. The van der Waals surface area contributed by atoms with Crippen LogP contribution in [0.1, 0.15) is 17.7 Å². The summed E-state index contributed by atoms with van der Waals surface area (Å²) in [6.45, 7) is 1.11. The van der Waals surface area contributed by atoms with Gasteiger partial charge in [-0.1, -0.05) is 11.6 Å². The molecule has 1 atom stereocenters. The van der Waals surface area contributed by atoms with Crippen molar-refractivity contribution in [3.05, 3.63) is 21.3 Å². The molecule has 2 nitrogen and oxygen atoms in total. The zero-order valence-electron chi connectivity index (χ0n) is 7.12. The maximum Gasteiger partial charge on any atom is 0.123 e. The molecule has 13 heavy (non-hydrogen) atoms. The molecule has 0 bridgehead atoms. The molecular formula is C9H11ClO2S. The van der Waals surface area contributed by atoms with Crippen molar-refractivity contribution in [2.24, 2.45) is 0 Å². The summed E-state index contributed by atoms with van der Waals surface area (Å²) < 4.78 is 5.26. The Morgan fingerprint density at radius 3 is 3.00 bits per heavy atom. The molecule has 0 aliphatic carbocycles. The Hall–Kier alpha value is -0.0900. The number of hydrogen-bond acceptors (Lipinski definition) is 3. The summed E-state index contributed by atoms with van der Waals surface area (Å²) in [4.78, 5) is 0.842. The molecule has 1 saturated heterocycles. The van der Waals surface area contributed by atoms with E-state index in [0.717, 1.165) is 24.3 Å². The van der Waals surface area contributed by atoms with Gasteiger partial charge in [0.05, 0.1) is 16.5 Å². The maximum absolute atomic E-state index is 10.2. The SMILES string of the molecule is OC1(c2sccc2Cl)CCCOC1. The zero-order chi connectivity index (χ0) is 9.31. The third-order valence-corrected chi connectivity index (χ3v) is 3.79. The molecule has 1 unspecified atom stereocenters. The van der Waals surface area contributed by atoms with Crippen molar-refractivity contribution in [2.45, 2.75) is 18.4 Å². The van der Waals surface area contributed by atoms with Crippen LogP contribution in [0.2, 0.25) is 5.02 Å². The highest BCUT2D eigenvalue weighted by atomic mass is 35.5. The standard InChI is InChI=1S/C9H11ClO2S/c10-7-2-5-13-8(7)9(11)3-1-4-12-6-9/h2,5,11H,1,3-4,6H2. The highest BCUT2D eigenvalue weighted by Crippen LogP contribution is 2.38. The van der Waals surface area contributed by atoms with Crippen LogP contribution in [0.25, 0.3) is 0 Å². The third-order valence-electron chi connectivity index (χ3n) is 2.26. The van der Waals surface area contributed by atoms with Crippen molar-refractivity contribution in [1.82, 2.24) is 0 Å². The summed E-state index contributed by atoms with van der Waals surface area (Å²) in [7, 11) is 0. The Morgan fingerprint density at radius 2 is 2.46 bits per heavy atom. The van der Waals surface area contributed by atoms with Gasteiger partial charge in [0.2, 0.25) is 0 Å². The molecule has 1 aliphatic heterocycles. The number of hydrogen-bond donors (Lipinski definition) is 1. The number of aliphatic hydroxyl groups is 1. The van der Waals surface area contributed by atoms with E-state index in [1.807, 2.05) is 11.4 Å². The zero-order valence-corrected chi connectivity index (χ0v) is 8.70. The summed E-state index contributed by atoms with van der Waals surface area (Å²) in [6.07, 6.45) is 1.64. The van der Waals surface area contributed by atoms with E-state index in [1.54, 1.807) is 0 Å². The van der Waals surface area contributed by atoms with Crippen molar-refractivity contribution in [3.8, 4) is 0 Å². The summed E-state index contributed by atoms with van der Waals surface area (Å²) in [5.41, 5.74) is -0.844. The number of halogens is 1. The molecule has 1 aromatic heterocycles. The van der Waals surface area contributed by atoms with Crippen LogP contribution in [0.4, 0.5) is 0 Å². The first kappa shape index (κ1) is 9.46. The maximum atomic E-state index is 10.2. The first-order valence-corrected chi connectivity index (χ1v) is 5.52. The molecule has 72 valence electrons. The Kier molecular flexibility index (Phi) is 2.60. The Balaban J connectivity index is 2.27. The van der Waals surface area contributed by atoms with E-state index in [2.05, 4.69) is 0 Å². The van der Waals surface area contributed by atoms with Crippen LogP contribution in [0.3, 0.4) is 0 Å². The molecule has 2 heterocycles. The lowest BCUT2D eigenvalue weighted by atomic mass is 9.95. The topological polar surface area (TPSA) is 29.5 Å². The Morgan fingerprint density at radius 1 is 1.62 bits per heavy atom.